The van der Waals surface area contributed by atoms with Crippen LogP contribution in [0, 0.1) is 5.92 Å². The quantitative estimate of drug-likeness (QED) is 0.721. The van der Waals surface area contributed by atoms with Crippen LogP contribution in [0.1, 0.15) is 12.8 Å². The molecule has 1 saturated heterocycles. The average molecular weight is 214 g/mol. The number of piperidine rings is 1. The van der Waals surface area contributed by atoms with E-state index in [-0.39, 0.29) is 24.8 Å². The minimum Gasteiger partial charge on any atom is -0.481 e. The van der Waals surface area contributed by atoms with Gasteiger partial charge in [0.2, 0.25) is 0 Å². The van der Waals surface area contributed by atoms with Gasteiger partial charge in [0.25, 0.3) is 0 Å². The van der Waals surface area contributed by atoms with Gasteiger partial charge in [0.15, 0.2) is 0 Å². The van der Waals surface area contributed by atoms with Crippen LogP contribution in [0.3, 0.4) is 0 Å². The molecule has 0 bridgehead atoms. The predicted molar refractivity (Wildman–Crippen MR) is 60.4 cm³/mol. The number of anilines is 1. The summed E-state index contributed by atoms with van der Waals surface area (Å²) in [6.07, 6.45) is 6.41. The van der Waals surface area contributed by atoms with E-state index in [0.29, 0.717) is 12.8 Å². The van der Waals surface area contributed by atoms with E-state index in [4.69, 9.17) is 5.11 Å². The Labute approximate surface area is 106 Å². The number of nitrogens with zero attached hydrogens (tertiary/aromatic N) is 3. The fourth-order valence-corrected chi connectivity index (χ4v) is 1.84. The number of aromatic nitrogens is 2. The number of hydrogen-bond donors (Lipinski definition) is 1. The van der Waals surface area contributed by atoms with Gasteiger partial charge in [-0.15, -0.1) is 0 Å². The summed E-state index contributed by atoms with van der Waals surface area (Å²) in [6.45, 7) is 1.54. The molecule has 0 aromatic carbocycles. The van der Waals surface area contributed by atoms with Crippen LogP contribution in [0.25, 0.3) is 0 Å². The third kappa shape index (κ3) is 2.97. The first-order chi connectivity index (χ1) is 7.27. The third-order valence-electron chi connectivity index (χ3n) is 2.76. The van der Waals surface area contributed by atoms with E-state index in [1.807, 2.05) is 0 Å². The second-order valence-corrected chi connectivity index (χ2v) is 3.70. The molecule has 1 aliphatic heterocycles. The average Bonchev–Trinajstić information content (AvgIpc) is 2.30. The Bertz CT molecular complexity index is 339. The molecule has 6 heteroatoms. The minimum absolute atomic E-state index is 0. The molecule has 1 aromatic rings. The molecule has 0 unspecified atom stereocenters. The number of aliphatic carboxylic acids is 1. The molecule has 16 heavy (non-hydrogen) atoms. The first-order valence-electron chi connectivity index (χ1n) is 5.00. The molecule has 1 aromatic heterocycles. The maximum atomic E-state index is 10.8. The van der Waals surface area contributed by atoms with Crippen molar-refractivity contribution >= 4 is 30.5 Å². The van der Waals surface area contributed by atoms with Crippen LogP contribution >= 0.6 is 0 Å². The zero-order valence-corrected chi connectivity index (χ0v) is 9.33. The minimum atomic E-state index is -0.682. The standard InChI is InChI=1S/C10H13N3O2.Li/c14-10(15)8-1-3-13(4-2-8)9-5-11-7-12-6-9;/h5-8H,1-4H2,(H,14,15);. The first kappa shape index (κ1) is 13.0. The molecule has 0 saturated carbocycles. The van der Waals surface area contributed by atoms with Gasteiger partial charge in [0.1, 0.15) is 6.33 Å². The van der Waals surface area contributed by atoms with Crippen molar-refractivity contribution in [1.82, 2.24) is 9.97 Å². The van der Waals surface area contributed by atoms with Gasteiger partial charge >= 0.3 is 5.97 Å². The van der Waals surface area contributed by atoms with E-state index < -0.39 is 5.97 Å². The second-order valence-electron chi connectivity index (χ2n) is 3.70. The molecule has 1 aliphatic rings. The largest absolute Gasteiger partial charge is 0.481 e. The van der Waals surface area contributed by atoms with E-state index in [9.17, 15) is 4.79 Å². The summed E-state index contributed by atoms with van der Waals surface area (Å²) in [6, 6.07) is 0. The van der Waals surface area contributed by atoms with Crippen LogP contribution in [0.2, 0.25) is 0 Å². The van der Waals surface area contributed by atoms with Gasteiger partial charge in [-0.2, -0.15) is 0 Å². The van der Waals surface area contributed by atoms with Crippen molar-refractivity contribution in [3.63, 3.8) is 0 Å². The smallest absolute Gasteiger partial charge is 0.306 e. The maximum Gasteiger partial charge on any atom is 0.306 e. The fraction of sp³-hybridized carbons (Fsp3) is 0.500. The molecule has 1 N–H and O–H groups in total. The zero-order chi connectivity index (χ0) is 10.7. The van der Waals surface area contributed by atoms with Crippen LogP contribution in [0.4, 0.5) is 5.69 Å². The van der Waals surface area contributed by atoms with Crippen molar-refractivity contribution in [3.05, 3.63) is 18.7 Å². The Balaban J connectivity index is 0.00000128. The monoisotopic (exact) mass is 214 g/mol. The Kier molecular flexibility index (Phi) is 4.78. The normalized spacial score (nSPS) is 16.6. The summed E-state index contributed by atoms with van der Waals surface area (Å²) < 4.78 is 0. The summed E-state index contributed by atoms with van der Waals surface area (Å²) >= 11 is 0. The molecule has 0 amide bonds. The van der Waals surface area contributed by atoms with Crippen molar-refractivity contribution in [2.45, 2.75) is 12.8 Å². The number of carbonyl (C=O) groups is 1. The van der Waals surface area contributed by atoms with E-state index in [0.717, 1.165) is 18.8 Å². The first-order valence-corrected chi connectivity index (χ1v) is 5.00. The van der Waals surface area contributed by atoms with Crippen LogP contribution < -0.4 is 4.90 Å². The van der Waals surface area contributed by atoms with Crippen LogP contribution in [0.15, 0.2) is 18.7 Å². The van der Waals surface area contributed by atoms with Gasteiger partial charge in [0, 0.05) is 32.0 Å². The van der Waals surface area contributed by atoms with Gasteiger partial charge in [-0.05, 0) is 12.8 Å². The number of carboxylic acid groups (broad SMARTS) is 1. The zero-order valence-electron chi connectivity index (χ0n) is 9.33. The number of carboxylic acids is 1. The van der Waals surface area contributed by atoms with E-state index in [1.165, 1.54) is 6.33 Å². The molecule has 1 radical (unpaired) electrons. The van der Waals surface area contributed by atoms with Gasteiger partial charge in [-0.3, -0.25) is 4.79 Å². The Hall–Kier alpha value is -1.05. The molecule has 0 aliphatic carbocycles. The molecular weight excluding hydrogens is 201 g/mol. The van der Waals surface area contributed by atoms with E-state index >= 15 is 0 Å². The summed E-state index contributed by atoms with van der Waals surface area (Å²) in [5.74, 6) is -0.871. The van der Waals surface area contributed by atoms with Gasteiger partial charge < -0.3 is 10.0 Å². The van der Waals surface area contributed by atoms with Crippen molar-refractivity contribution in [2.24, 2.45) is 5.92 Å². The Morgan fingerprint density at radius 3 is 2.38 bits per heavy atom. The fourth-order valence-electron chi connectivity index (χ4n) is 1.84. The number of rotatable bonds is 2. The predicted octanol–water partition coefficient (Wildman–Crippen LogP) is 0.397. The van der Waals surface area contributed by atoms with Crippen LogP contribution in [-0.2, 0) is 4.79 Å². The molecule has 1 fully saturated rings. The van der Waals surface area contributed by atoms with E-state index in [2.05, 4.69) is 14.9 Å². The molecule has 0 atom stereocenters. The number of hydrogen-bond acceptors (Lipinski definition) is 4. The van der Waals surface area contributed by atoms with Crippen molar-refractivity contribution < 1.29 is 9.90 Å². The molecule has 2 rings (SSSR count). The summed E-state index contributed by atoms with van der Waals surface area (Å²) in [7, 11) is 0. The van der Waals surface area contributed by atoms with Crippen molar-refractivity contribution in [1.29, 1.82) is 0 Å². The molecule has 0 spiro atoms. The van der Waals surface area contributed by atoms with Crippen LogP contribution in [-0.4, -0.2) is 53.0 Å². The van der Waals surface area contributed by atoms with Crippen molar-refractivity contribution in [2.75, 3.05) is 18.0 Å². The summed E-state index contributed by atoms with van der Waals surface area (Å²) in [5, 5.41) is 8.85. The SMILES string of the molecule is O=C(O)C1CCN(c2cncnc2)CC1.[Li]. The molecule has 2 heterocycles. The van der Waals surface area contributed by atoms with Gasteiger partial charge in [-0.1, -0.05) is 0 Å². The maximum absolute atomic E-state index is 10.8. The van der Waals surface area contributed by atoms with Gasteiger partial charge in [0.05, 0.1) is 24.0 Å². The Morgan fingerprint density at radius 1 is 1.31 bits per heavy atom. The van der Waals surface area contributed by atoms with Crippen molar-refractivity contribution in [3.8, 4) is 0 Å². The third-order valence-corrected chi connectivity index (χ3v) is 2.76. The van der Waals surface area contributed by atoms with Gasteiger partial charge in [-0.25, -0.2) is 9.97 Å². The topological polar surface area (TPSA) is 66.3 Å². The molecule has 5 nitrogen and oxygen atoms in total. The summed E-state index contributed by atoms with van der Waals surface area (Å²) in [5.41, 5.74) is 0.973. The Morgan fingerprint density at radius 2 is 1.88 bits per heavy atom. The second kappa shape index (κ2) is 5.88. The molecular formula is C10H13LiN3O2. The van der Waals surface area contributed by atoms with Crippen LogP contribution in [0.5, 0.6) is 0 Å². The summed E-state index contributed by atoms with van der Waals surface area (Å²) in [4.78, 5) is 20.8. The molecule has 81 valence electrons. The van der Waals surface area contributed by atoms with E-state index in [1.54, 1.807) is 12.4 Å².